The number of nitrogens with zero attached hydrogens (tertiary/aromatic N) is 2. The van der Waals surface area contributed by atoms with Gasteiger partial charge in [0.2, 0.25) is 0 Å². The van der Waals surface area contributed by atoms with Crippen LogP contribution in [0, 0.1) is 0 Å². The van der Waals surface area contributed by atoms with E-state index in [1.165, 1.54) is 0 Å². The van der Waals surface area contributed by atoms with Gasteiger partial charge in [0, 0.05) is 25.8 Å². The Bertz CT molecular complexity index is 410. The van der Waals surface area contributed by atoms with Gasteiger partial charge >= 0.3 is 6.18 Å². The van der Waals surface area contributed by atoms with Crippen LogP contribution < -0.4 is 10.2 Å². The molecule has 1 aromatic heterocycles. The first kappa shape index (κ1) is 16.0. The van der Waals surface area contributed by atoms with Crippen molar-refractivity contribution in [2.75, 3.05) is 31.1 Å². The number of hydrogen-bond donors (Lipinski definition) is 1. The van der Waals surface area contributed by atoms with E-state index in [1.807, 2.05) is 18.7 Å². The van der Waals surface area contributed by atoms with Crippen LogP contribution >= 0.6 is 11.6 Å². The summed E-state index contributed by atoms with van der Waals surface area (Å²) < 4.78 is 37.5. The topological polar surface area (TPSA) is 28.2 Å². The van der Waals surface area contributed by atoms with E-state index in [9.17, 15) is 13.2 Å². The molecule has 1 heterocycles. The van der Waals surface area contributed by atoms with Gasteiger partial charge in [-0.1, -0.05) is 18.5 Å². The Hall–Kier alpha value is -1.01. The molecule has 0 saturated carbocycles. The zero-order valence-electron chi connectivity index (χ0n) is 10.9. The predicted molar refractivity (Wildman–Crippen MR) is 70.7 cm³/mol. The van der Waals surface area contributed by atoms with Crippen LogP contribution in [0.25, 0.3) is 0 Å². The lowest BCUT2D eigenvalue weighted by Gasteiger charge is -2.23. The zero-order chi connectivity index (χ0) is 14.5. The summed E-state index contributed by atoms with van der Waals surface area (Å²) >= 11 is 5.90. The molecular weight excluding hydrogens is 279 g/mol. The minimum Gasteiger partial charge on any atom is -0.354 e. The number of hydrogen-bond acceptors (Lipinski definition) is 3. The molecule has 0 radical (unpaired) electrons. The second kappa shape index (κ2) is 6.96. The third-order valence-corrected chi connectivity index (χ3v) is 2.92. The molecule has 1 aromatic rings. The predicted octanol–water partition coefficient (Wildman–Crippen LogP) is 3.19. The van der Waals surface area contributed by atoms with Crippen molar-refractivity contribution in [1.82, 2.24) is 10.3 Å². The Labute approximate surface area is 115 Å². The van der Waals surface area contributed by atoms with Crippen molar-refractivity contribution in [2.45, 2.75) is 20.0 Å². The number of halogens is 4. The Morgan fingerprint density at radius 1 is 1.37 bits per heavy atom. The Balaban J connectivity index is 2.87. The zero-order valence-corrected chi connectivity index (χ0v) is 11.6. The van der Waals surface area contributed by atoms with Gasteiger partial charge in [0.1, 0.15) is 5.82 Å². The number of nitrogens with one attached hydrogen (secondary N) is 1. The van der Waals surface area contributed by atoms with E-state index in [0.29, 0.717) is 18.9 Å². The van der Waals surface area contributed by atoms with Crippen LogP contribution in [-0.2, 0) is 6.18 Å². The van der Waals surface area contributed by atoms with Crippen molar-refractivity contribution in [3.05, 3.63) is 22.8 Å². The van der Waals surface area contributed by atoms with Gasteiger partial charge < -0.3 is 10.2 Å². The highest BCUT2D eigenvalue weighted by Gasteiger charge is 2.31. The first-order valence-electron chi connectivity index (χ1n) is 6.08. The summed E-state index contributed by atoms with van der Waals surface area (Å²) in [5.41, 5.74) is -0.830. The van der Waals surface area contributed by atoms with E-state index in [-0.39, 0.29) is 5.02 Å². The molecule has 0 fully saturated rings. The molecule has 0 bridgehead atoms. The van der Waals surface area contributed by atoms with Crippen molar-refractivity contribution in [1.29, 1.82) is 0 Å². The highest BCUT2D eigenvalue weighted by molar-refractivity contribution is 6.33. The quantitative estimate of drug-likeness (QED) is 0.817. The lowest BCUT2D eigenvalue weighted by molar-refractivity contribution is -0.137. The van der Waals surface area contributed by atoms with Gasteiger partial charge in [0.25, 0.3) is 0 Å². The molecule has 0 atom stereocenters. The average Bonchev–Trinajstić information content (AvgIpc) is 2.34. The lowest BCUT2D eigenvalue weighted by Crippen LogP contribution is -2.32. The summed E-state index contributed by atoms with van der Waals surface area (Å²) in [6.45, 7) is 6.72. The third kappa shape index (κ3) is 4.54. The van der Waals surface area contributed by atoms with Gasteiger partial charge in [-0.2, -0.15) is 13.2 Å². The van der Waals surface area contributed by atoms with E-state index in [1.54, 1.807) is 0 Å². The Kier molecular flexibility index (Phi) is 5.87. The van der Waals surface area contributed by atoms with Gasteiger partial charge in [-0.15, -0.1) is 0 Å². The van der Waals surface area contributed by atoms with Crippen LogP contribution in [0.5, 0.6) is 0 Å². The molecule has 108 valence electrons. The van der Waals surface area contributed by atoms with E-state index < -0.39 is 11.7 Å². The molecule has 0 aliphatic rings. The van der Waals surface area contributed by atoms with Gasteiger partial charge in [0.15, 0.2) is 0 Å². The Morgan fingerprint density at radius 2 is 2.05 bits per heavy atom. The first-order chi connectivity index (χ1) is 8.90. The van der Waals surface area contributed by atoms with Crippen LogP contribution in [-0.4, -0.2) is 31.2 Å². The summed E-state index contributed by atoms with van der Waals surface area (Å²) in [6.07, 6.45) is -3.60. The molecule has 0 unspecified atom stereocenters. The summed E-state index contributed by atoms with van der Waals surface area (Å²) in [7, 11) is 0. The fraction of sp³-hybridized carbons (Fsp3) is 0.583. The standard InChI is InChI=1S/C12H17ClF3N3/c1-3-17-5-6-19(4-2)11-10(13)7-9(8-18-11)12(14,15)16/h7-8,17H,3-6H2,1-2H3. The summed E-state index contributed by atoms with van der Waals surface area (Å²) in [6, 6.07) is 0.916. The van der Waals surface area contributed by atoms with Gasteiger partial charge in [-0.25, -0.2) is 4.98 Å². The third-order valence-electron chi connectivity index (χ3n) is 2.64. The molecule has 0 aromatic carbocycles. The minimum absolute atomic E-state index is 0.0215. The second-order valence-corrected chi connectivity index (χ2v) is 4.37. The lowest BCUT2D eigenvalue weighted by atomic mass is 10.2. The molecule has 0 amide bonds. The summed E-state index contributed by atoms with van der Waals surface area (Å²) in [5.74, 6) is 0.384. The van der Waals surface area contributed by atoms with Crippen molar-refractivity contribution in [3.63, 3.8) is 0 Å². The molecule has 1 N–H and O–H groups in total. The van der Waals surface area contributed by atoms with Crippen LogP contribution in [0.15, 0.2) is 12.3 Å². The number of aromatic nitrogens is 1. The maximum absolute atomic E-state index is 12.5. The first-order valence-corrected chi connectivity index (χ1v) is 6.46. The number of pyridine rings is 1. The molecule has 19 heavy (non-hydrogen) atoms. The van der Waals surface area contributed by atoms with Gasteiger partial charge in [-0.3, -0.25) is 0 Å². The molecule has 0 spiro atoms. The van der Waals surface area contributed by atoms with Crippen LogP contribution in [0.1, 0.15) is 19.4 Å². The summed E-state index contributed by atoms with van der Waals surface area (Å²) in [4.78, 5) is 5.68. The average molecular weight is 296 g/mol. The molecular formula is C12H17ClF3N3. The van der Waals surface area contributed by atoms with Crippen molar-refractivity contribution < 1.29 is 13.2 Å². The summed E-state index contributed by atoms with van der Waals surface area (Å²) in [5, 5.41) is 3.17. The molecule has 0 saturated heterocycles. The molecule has 0 aliphatic heterocycles. The normalized spacial score (nSPS) is 11.7. The van der Waals surface area contributed by atoms with Gasteiger partial charge in [-0.05, 0) is 19.5 Å². The second-order valence-electron chi connectivity index (χ2n) is 3.96. The molecule has 3 nitrogen and oxygen atoms in total. The number of alkyl halides is 3. The van der Waals surface area contributed by atoms with Crippen molar-refractivity contribution >= 4 is 17.4 Å². The van der Waals surface area contributed by atoms with Gasteiger partial charge in [0.05, 0.1) is 10.6 Å². The number of likely N-dealkylation sites (N-methyl/N-ethyl adjacent to an activating group) is 2. The fourth-order valence-electron chi connectivity index (χ4n) is 1.62. The maximum atomic E-state index is 12.5. The van der Waals surface area contributed by atoms with Crippen LogP contribution in [0.4, 0.5) is 19.0 Å². The number of anilines is 1. The van der Waals surface area contributed by atoms with E-state index in [2.05, 4.69) is 10.3 Å². The highest BCUT2D eigenvalue weighted by atomic mass is 35.5. The molecule has 1 rings (SSSR count). The molecule has 7 heteroatoms. The monoisotopic (exact) mass is 295 g/mol. The molecule has 0 aliphatic carbocycles. The highest BCUT2D eigenvalue weighted by Crippen LogP contribution is 2.33. The smallest absolute Gasteiger partial charge is 0.354 e. The van der Waals surface area contributed by atoms with Crippen LogP contribution in [0.3, 0.4) is 0 Å². The largest absolute Gasteiger partial charge is 0.417 e. The van der Waals surface area contributed by atoms with Crippen molar-refractivity contribution in [3.8, 4) is 0 Å². The van der Waals surface area contributed by atoms with Crippen LogP contribution in [0.2, 0.25) is 5.02 Å². The minimum atomic E-state index is -4.42. The van der Waals surface area contributed by atoms with E-state index in [0.717, 1.165) is 25.4 Å². The number of rotatable bonds is 6. The maximum Gasteiger partial charge on any atom is 0.417 e. The van der Waals surface area contributed by atoms with Crippen molar-refractivity contribution in [2.24, 2.45) is 0 Å². The Morgan fingerprint density at radius 3 is 2.53 bits per heavy atom. The fourth-order valence-corrected chi connectivity index (χ4v) is 1.91. The van der Waals surface area contributed by atoms with E-state index in [4.69, 9.17) is 11.6 Å². The van der Waals surface area contributed by atoms with E-state index >= 15 is 0 Å². The SMILES string of the molecule is CCNCCN(CC)c1ncc(C(F)(F)F)cc1Cl.